The van der Waals surface area contributed by atoms with Crippen LogP contribution in [0.1, 0.15) is 23.8 Å². The summed E-state index contributed by atoms with van der Waals surface area (Å²) in [7, 11) is 5.74. The Morgan fingerprint density at radius 2 is 1.82 bits per heavy atom. The summed E-state index contributed by atoms with van der Waals surface area (Å²) in [5, 5.41) is 8.60. The Morgan fingerprint density at radius 1 is 1.07 bits per heavy atom. The first-order valence-corrected chi connectivity index (χ1v) is 9.59. The standard InChI is InChI=1S/C22H26N4O2/c1-25(2)19-8-6-17(7-9-19)21-23-24-22(28-21)18-12-13-26(15-18)14-16-4-10-20(27-3)11-5-16/h4-11,18H,12-15H2,1-3H3/t18-/m0/s1. The van der Waals surface area contributed by atoms with Gasteiger partial charge in [-0.05, 0) is 54.9 Å². The van der Waals surface area contributed by atoms with E-state index in [4.69, 9.17) is 9.15 Å². The lowest BCUT2D eigenvalue weighted by Crippen LogP contribution is -2.19. The molecule has 4 rings (SSSR count). The number of hydrogen-bond donors (Lipinski definition) is 0. The summed E-state index contributed by atoms with van der Waals surface area (Å²) in [5.74, 6) is 2.51. The van der Waals surface area contributed by atoms with Crippen LogP contribution in [0.5, 0.6) is 5.75 Å². The quantitative estimate of drug-likeness (QED) is 0.650. The summed E-state index contributed by atoms with van der Waals surface area (Å²) in [6, 6.07) is 16.4. The molecule has 0 radical (unpaired) electrons. The van der Waals surface area contributed by atoms with E-state index in [2.05, 4.69) is 44.3 Å². The molecule has 2 heterocycles. The van der Waals surface area contributed by atoms with Crippen molar-refractivity contribution < 1.29 is 9.15 Å². The monoisotopic (exact) mass is 378 g/mol. The van der Waals surface area contributed by atoms with Gasteiger partial charge in [-0.1, -0.05) is 12.1 Å². The van der Waals surface area contributed by atoms with Gasteiger partial charge in [-0.2, -0.15) is 0 Å². The summed E-state index contributed by atoms with van der Waals surface area (Å²) < 4.78 is 11.2. The molecule has 0 unspecified atom stereocenters. The van der Waals surface area contributed by atoms with E-state index < -0.39 is 0 Å². The second kappa shape index (κ2) is 8.02. The summed E-state index contributed by atoms with van der Waals surface area (Å²) in [6.07, 6.45) is 1.04. The zero-order chi connectivity index (χ0) is 19.5. The van der Waals surface area contributed by atoms with Gasteiger partial charge in [0.05, 0.1) is 13.0 Å². The SMILES string of the molecule is COc1ccc(CN2CC[C@H](c3nnc(-c4ccc(N(C)C)cc4)o3)C2)cc1. The molecule has 6 heteroatoms. The molecule has 1 aliphatic rings. The predicted octanol–water partition coefficient (Wildman–Crippen LogP) is 3.80. The highest BCUT2D eigenvalue weighted by atomic mass is 16.5. The van der Waals surface area contributed by atoms with Gasteiger partial charge in [0, 0.05) is 38.4 Å². The number of ether oxygens (including phenoxy) is 1. The summed E-state index contributed by atoms with van der Waals surface area (Å²) in [6.45, 7) is 2.90. The van der Waals surface area contributed by atoms with Crippen molar-refractivity contribution in [2.75, 3.05) is 39.2 Å². The third-order valence-electron chi connectivity index (χ3n) is 5.26. The average molecular weight is 378 g/mol. The van der Waals surface area contributed by atoms with E-state index in [1.807, 2.05) is 38.4 Å². The Labute approximate surface area is 165 Å². The minimum atomic E-state index is 0.292. The highest BCUT2D eigenvalue weighted by Gasteiger charge is 2.28. The topological polar surface area (TPSA) is 54.6 Å². The number of nitrogens with zero attached hydrogens (tertiary/aromatic N) is 4. The number of rotatable bonds is 6. The van der Waals surface area contributed by atoms with Crippen LogP contribution in [0.2, 0.25) is 0 Å². The van der Waals surface area contributed by atoms with Crippen molar-refractivity contribution >= 4 is 5.69 Å². The number of methoxy groups -OCH3 is 1. The maximum Gasteiger partial charge on any atom is 0.247 e. The molecule has 1 fully saturated rings. The maximum atomic E-state index is 6.00. The molecule has 2 aromatic carbocycles. The fourth-order valence-corrected chi connectivity index (χ4v) is 3.59. The molecular formula is C22H26N4O2. The van der Waals surface area contributed by atoms with Crippen molar-refractivity contribution in [3.05, 3.63) is 60.0 Å². The van der Waals surface area contributed by atoms with E-state index in [-0.39, 0.29) is 0 Å². The van der Waals surface area contributed by atoms with Crippen LogP contribution in [0, 0.1) is 0 Å². The Hall–Kier alpha value is -2.86. The van der Waals surface area contributed by atoms with Crippen LogP contribution in [0.3, 0.4) is 0 Å². The number of benzene rings is 2. The Kier molecular flexibility index (Phi) is 5.30. The van der Waals surface area contributed by atoms with Crippen molar-refractivity contribution in [3.63, 3.8) is 0 Å². The van der Waals surface area contributed by atoms with E-state index in [1.165, 1.54) is 5.56 Å². The van der Waals surface area contributed by atoms with Crippen molar-refractivity contribution in [1.29, 1.82) is 0 Å². The van der Waals surface area contributed by atoms with E-state index in [1.54, 1.807) is 7.11 Å². The molecule has 1 saturated heterocycles. The lowest BCUT2D eigenvalue weighted by molar-refractivity contribution is 0.320. The predicted molar refractivity (Wildman–Crippen MR) is 110 cm³/mol. The van der Waals surface area contributed by atoms with Gasteiger partial charge in [0.2, 0.25) is 11.8 Å². The van der Waals surface area contributed by atoms with Crippen LogP contribution in [-0.2, 0) is 6.54 Å². The fourth-order valence-electron chi connectivity index (χ4n) is 3.59. The van der Waals surface area contributed by atoms with Gasteiger partial charge in [0.25, 0.3) is 0 Å². The Balaban J connectivity index is 1.39. The molecule has 1 atom stereocenters. The first-order chi connectivity index (χ1) is 13.6. The molecule has 0 spiro atoms. The molecule has 1 aliphatic heterocycles. The number of aromatic nitrogens is 2. The highest BCUT2D eigenvalue weighted by molar-refractivity contribution is 5.58. The molecule has 0 amide bonds. The normalized spacial score (nSPS) is 17.0. The van der Waals surface area contributed by atoms with Crippen LogP contribution >= 0.6 is 0 Å². The molecule has 0 aliphatic carbocycles. The van der Waals surface area contributed by atoms with Crippen LogP contribution in [0.15, 0.2) is 52.9 Å². The van der Waals surface area contributed by atoms with Gasteiger partial charge in [-0.3, -0.25) is 4.90 Å². The van der Waals surface area contributed by atoms with Gasteiger partial charge in [0.1, 0.15) is 5.75 Å². The minimum Gasteiger partial charge on any atom is -0.497 e. The summed E-state index contributed by atoms with van der Waals surface area (Å²) in [4.78, 5) is 4.50. The molecule has 0 N–H and O–H groups in total. The molecule has 0 bridgehead atoms. The second-order valence-corrected chi connectivity index (χ2v) is 7.46. The Morgan fingerprint density at radius 3 is 2.50 bits per heavy atom. The van der Waals surface area contributed by atoms with Gasteiger partial charge in [-0.15, -0.1) is 10.2 Å². The van der Waals surface area contributed by atoms with Crippen molar-refractivity contribution in [2.24, 2.45) is 0 Å². The van der Waals surface area contributed by atoms with Crippen LogP contribution in [0.25, 0.3) is 11.5 Å². The minimum absolute atomic E-state index is 0.292. The summed E-state index contributed by atoms with van der Waals surface area (Å²) in [5.41, 5.74) is 3.39. The number of likely N-dealkylation sites (tertiary alicyclic amines) is 1. The zero-order valence-corrected chi connectivity index (χ0v) is 16.6. The van der Waals surface area contributed by atoms with Gasteiger partial charge >= 0.3 is 0 Å². The number of hydrogen-bond acceptors (Lipinski definition) is 6. The first-order valence-electron chi connectivity index (χ1n) is 9.59. The van der Waals surface area contributed by atoms with Crippen molar-refractivity contribution in [2.45, 2.75) is 18.9 Å². The highest BCUT2D eigenvalue weighted by Crippen LogP contribution is 2.30. The van der Waals surface area contributed by atoms with Gasteiger partial charge in [-0.25, -0.2) is 0 Å². The van der Waals surface area contributed by atoms with Crippen molar-refractivity contribution in [1.82, 2.24) is 15.1 Å². The van der Waals surface area contributed by atoms with E-state index in [0.29, 0.717) is 11.8 Å². The Bertz CT molecular complexity index is 903. The van der Waals surface area contributed by atoms with E-state index >= 15 is 0 Å². The lowest BCUT2D eigenvalue weighted by atomic mass is 10.1. The molecule has 28 heavy (non-hydrogen) atoms. The third kappa shape index (κ3) is 4.02. The first kappa shape index (κ1) is 18.5. The molecule has 6 nitrogen and oxygen atoms in total. The zero-order valence-electron chi connectivity index (χ0n) is 16.6. The largest absolute Gasteiger partial charge is 0.497 e. The molecule has 146 valence electrons. The van der Waals surface area contributed by atoms with Crippen LogP contribution < -0.4 is 9.64 Å². The molecule has 3 aromatic rings. The maximum absolute atomic E-state index is 6.00. The van der Waals surface area contributed by atoms with Gasteiger partial charge in [0.15, 0.2) is 0 Å². The molecule has 1 aromatic heterocycles. The van der Waals surface area contributed by atoms with E-state index in [9.17, 15) is 0 Å². The number of anilines is 1. The lowest BCUT2D eigenvalue weighted by Gasteiger charge is -2.15. The molecule has 0 saturated carbocycles. The second-order valence-electron chi connectivity index (χ2n) is 7.46. The summed E-state index contributed by atoms with van der Waals surface area (Å²) >= 11 is 0. The molecular weight excluding hydrogens is 352 g/mol. The van der Waals surface area contributed by atoms with Crippen LogP contribution in [-0.4, -0.2) is 49.4 Å². The van der Waals surface area contributed by atoms with Gasteiger partial charge < -0.3 is 14.1 Å². The smallest absolute Gasteiger partial charge is 0.247 e. The third-order valence-corrected chi connectivity index (χ3v) is 5.26. The van der Waals surface area contributed by atoms with E-state index in [0.717, 1.165) is 48.9 Å². The fraction of sp³-hybridized carbons (Fsp3) is 0.364. The average Bonchev–Trinajstić information content (AvgIpc) is 3.38. The van der Waals surface area contributed by atoms with Crippen molar-refractivity contribution in [3.8, 4) is 17.2 Å². The van der Waals surface area contributed by atoms with Crippen LogP contribution in [0.4, 0.5) is 5.69 Å².